The molecular formula is C30H27ClN2O5. The van der Waals surface area contributed by atoms with Crippen molar-refractivity contribution >= 4 is 45.6 Å². The van der Waals surface area contributed by atoms with Gasteiger partial charge in [0, 0.05) is 46.5 Å². The van der Waals surface area contributed by atoms with Gasteiger partial charge in [-0.25, -0.2) is 0 Å². The molecule has 1 aromatic heterocycles. The highest BCUT2D eigenvalue weighted by Gasteiger charge is 2.48. The van der Waals surface area contributed by atoms with Gasteiger partial charge in [0.15, 0.2) is 0 Å². The second-order valence-corrected chi connectivity index (χ2v) is 9.32. The summed E-state index contributed by atoms with van der Waals surface area (Å²) in [7, 11) is 1.90. The van der Waals surface area contributed by atoms with E-state index in [-0.39, 0.29) is 11.3 Å². The molecule has 1 aliphatic rings. The van der Waals surface area contributed by atoms with Crippen LogP contribution in [0.5, 0.6) is 11.5 Å². The molecule has 3 aromatic carbocycles. The highest BCUT2D eigenvalue weighted by atomic mass is 35.5. The molecule has 1 aliphatic heterocycles. The number of aliphatic hydroxyl groups excluding tert-OH is 1. The summed E-state index contributed by atoms with van der Waals surface area (Å²) >= 11 is 6.27. The third-order valence-corrected chi connectivity index (χ3v) is 6.81. The molecule has 1 N–H and O–H groups in total. The average Bonchev–Trinajstić information content (AvgIpc) is 3.37. The van der Waals surface area contributed by atoms with Crippen LogP contribution in [0.1, 0.15) is 31.0 Å². The van der Waals surface area contributed by atoms with E-state index in [1.165, 1.54) is 4.90 Å². The molecule has 1 atom stereocenters. The molecular weight excluding hydrogens is 504 g/mol. The highest BCUT2D eigenvalue weighted by Crippen LogP contribution is 2.46. The molecule has 4 aromatic rings. The van der Waals surface area contributed by atoms with Gasteiger partial charge in [-0.2, -0.15) is 0 Å². The molecule has 8 heteroatoms. The molecule has 1 unspecified atom stereocenters. The van der Waals surface area contributed by atoms with Crippen LogP contribution in [0.2, 0.25) is 5.02 Å². The van der Waals surface area contributed by atoms with Gasteiger partial charge < -0.3 is 19.1 Å². The highest BCUT2D eigenvalue weighted by molar-refractivity contribution is 6.52. The summed E-state index contributed by atoms with van der Waals surface area (Å²) in [5.74, 6) is -0.955. The van der Waals surface area contributed by atoms with E-state index in [4.69, 9.17) is 21.1 Å². The Morgan fingerprint density at radius 1 is 0.974 bits per heavy atom. The Morgan fingerprint density at radius 2 is 1.74 bits per heavy atom. The van der Waals surface area contributed by atoms with Gasteiger partial charge in [0.1, 0.15) is 17.3 Å². The second-order valence-electron chi connectivity index (χ2n) is 8.89. The minimum atomic E-state index is -0.902. The molecule has 194 valence electrons. The van der Waals surface area contributed by atoms with Crippen molar-refractivity contribution in [3.05, 3.63) is 94.6 Å². The topological polar surface area (TPSA) is 81.0 Å². The maximum Gasteiger partial charge on any atom is 0.300 e. The molecule has 1 saturated heterocycles. The predicted molar refractivity (Wildman–Crippen MR) is 148 cm³/mol. The maximum absolute atomic E-state index is 13.6. The van der Waals surface area contributed by atoms with Crippen molar-refractivity contribution in [1.29, 1.82) is 0 Å². The van der Waals surface area contributed by atoms with Crippen LogP contribution in [0.15, 0.2) is 78.5 Å². The number of halogens is 1. The lowest BCUT2D eigenvalue weighted by molar-refractivity contribution is -0.132. The number of benzene rings is 3. The first-order valence-corrected chi connectivity index (χ1v) is 12.7. The maximum atomic E-state index is 13.6. The van der Waals surface area contributed by atoms with Crippen molar-refractivity contribution in [2.45, 2.75) is 19.9 Å². The fraction of sp³-hybridized carbons (Fsp3) is 0.200. The zero-order valence-corrected chi connectivity index (χ0v) is 22.0. The number of amides is 1. The number of Topliss-reactive ketones (excluding diaryl/α,β-unsaturated/α-hetero) is 1. The number of aryl methyl sites for hydroxylation is 1. The second kappa shape index (κ2) is 10.3. The van der Waals surface area contributed by atoms with Gasteiger partial charge >= 0.3 is 0 Å². The van der Waals surface area contributed by atoms with E-state index in [9.17, 15) is 14.7 Å². The Kier molecular flexibility index (Phi) is 6.87. The lowest BCUT2D eigenvalue weighted by atomic mass is 9.94. The first kappa shape index (κ1) is 25.4. The van der Waals surface area contributed by atoms with Gasteiger partial charge in [-0.3, -0.25) is 14.5 Å². The summed E-state index contributed by atoms with van der Waals surface area (Å²) in [5, 5.41) is 13.0. The number of hydrogen-bond acceptors (Lipinski definition) is 5. The van der Waals surface area contributed by atoms with Gasteiger partial charge in [0.25, 0.3) is 11.7 Å². The van der Waals surface area contributed by atoms with Crippen LogP contribution in [0.25, 0.3) is 16.7 Å². The monoisotopic (exact) mass is 530 g/mol. The molecule has 1 fully saturated rings. The Labute approximate surface area is 225 Å². The summed E-state index contributed by atoms with van der Waals surface area (Å²) in [4.78, 5) is 28.6. The fourth-order valence-corrected chi connectivity index (χ4v) is 5.17. The number of aromatic nitrogens is 1. The van der Waals surface area contributed by atoms with Gasteiger partial charge in [-0.1, -0.05) is 35.9 Å². The smallest absolute Gasteiger partial charge is 0.300 e. The molecule has 0 saturated carbocycles. The van der Waals surface area contributed by atoms with E-state index >= 15 is 0 Å². The van der Waals surface area contributed by atoms with Crippen LogP contribution in [0.3, 0.4) is 0 Å². The summed E-state index contributed by atoms with van der Waals surface area (Å²) in [6, 6.07) is 18.6. The number of para-hydroxylation sites is 1. The van der Waals surface area contributed by atoms with Crippen LogP contribution in [0.4, 0.5) is 5.69 Å². The Bertz CT molecular complexity index is 1590. The predicted octanol–water partition coefficient (Wildman–Crippen LogP) is 6.26. The van der Waals surface area contributed by atoms with Crippen molar-refractivity contribution in [3.8, 4) is 11.5 Å². The Hall–Kier alpha value is -4.23. The van der Waals surface area contributed by atoms with Crippen molar-refractivity contribution in [2.24, 2.45) is 7.05 Å². The molecule has 1 amide bonds. The zero-order chi connectivity index (χ0) is 27.0. The lowest BCUT2D eigenvalue weighted by Crippen LogP contribution is -2.29. The third kappa shape index (κ3) is 4.29. The van der Waals surface area contributed by atoms with Crippen molar-refractivity contribution in [3.63, 3.8) is 0 Å². The number of anilines is 1. The van der Waals surface area contributed by atoms with Crippen molar-refractivity contribution < 1.29 is 24.2 Å². The van der Waals surface area contributed by atoms with Gasteiger partial charge in [0.2, 0.25) is 0 Å². The van der Waals surface area contributed by atoms with E-state index in [1.807, 2.05) is 55.9 Å². The van der Waals surface area contributed by atoms with Gasteiger partial charge in [-0.15, -0.1) is 0 Å². The number of carbonyl (C=O) groups is 2. The lowest BCUT2D eigenvalue weighted by Gasteiger charge is -2.25. The summed E-state index contributed by atoms with van der Waals surface area (Å²) < 4.78 is 13.3. The summed E-state index contributed by atoms with van der Waals surface area (Å²) in [6.07, 6.45) is 1.88. The first-order chi connectivity index (χ1) is 18.3. The number of ketones is 1. The number of nitrogens with zero attached hydrogens (tertiary/aromatic N) is 2. The quantitative estimate of drug-likeness (QED) is 0.173. The number of ether oxygens (including phenoxy) is 2. The molecule has 0 aliphatic carbocycles. The minimum Gasteiger partial charge on any atom is -0.507 e. The fourth-order valence-electron chi connectivity index (χ4n) is 4.98. The summed E-state index contributed by atoms with van der Waals surface area (Å²) in [5.41, 5.74) is 2.34. The SMILES string of the molecule is CCOc1ccc(/C(O)=C2\C(=O)C(=O)N(c3cccc(Cl)c3)C2c2cn(C)c3ccccc23)c(OCC)c1. The zero-order valence-electron chi connectivity index (χ0n) is 21.3. The summed E-state index contributed by atoms with van der Waals surface area (Å²) in [6.45, 7) is 4.49. The normalized spacial score (nSPS) is 16.8. The number of carbonyl (C=O) groups excluding carboxylic acids is 2. The van der Waals surface area contributed by atoms with Gasteiger partial charge in [0.05, 0.1) is 30.4 Å². The third-order valence-electron chi connectivity index (χ3n) is 6.57. The van der Waals surface area contributed by atoms with Gasteiger partial charge in [-0.05, 0) is 50.2 Å². The van der Waals surface area contributed by atoms with Crippen molar-refractivity contribution in [1.82, 2.24) is 4.57 Å². The molecule has 0 spiro atoms. The molecule has 5 rings (SSSR count). The number of fused-ring (bicyclic) bond motifs is 1. The van der Waals surface area contributed by atoms with E-state index < -0.39 is 17.7 Å². The standard InChI is InChI=1S/C30H27ClN2O5/c1-4-37-20-13-14-22(25(16-20)38-5-2)28(34)26-27(23-17-32(3)24-12-7-6-11-21(23)24)33(30(36)29(26)35)19-10-8-9-18(31)15-19/h6-17,27,34H,4-5H2,1-3H3/b28-26+. The minimum absolute atomic E-state index is 0.0311. The molecule has 7 nitrogen and oxygen atoms in total. The van der Waals surface area contributed by atoms with E-state index in [0.29, 0.717) is 46.5 Å². The van der Waals surface area contributed by atoms with Crippen LogP contribution in [-0.4, -0.2) is 34.6 Å². The molecule has 0 radical (unpaired) electrons. The molecule has 0 bridgehead atoms. The van der Waals surface area contributed by atoms with E-state index in [0.717, 1.165) is 10.9 Å². The van der Waals surface area contributed by atoms with E-state index in [2.05, 4.69) is 0 Å². The van der Waals surface area contributed by atoms with E-state index in [1.54, 1.807) is 42.5 Å². The largest absolute Gasteiger partial charge is 0.507 e. The first-order valence-electron chi connectivity index (χ1n) is 12.4. The average molecular weight is 531 g/mol. The van der Waals surface area contributed by atoms with Crippen LogP contribution >= 0.6 is 11.6 Å². The Balaban J connectivity index is 1.79. The van der Waals surface area contributed by atoms with Crippen molar-refractivity contribution in [2.75, 3.05) is 18.1 Å². The molecule has 38 heavy (non-hydrogen) atoms. The number of aliphatic hydroxyl groups is 1. The van der Waals surface area contributed by atoms with Crippen LogP contribution in [-0.2, 0) is 16.6 Å². The Morgan fingerprint density at radius 3 is 2.47 bits per heavy atom. The van der Waals surface area contributed by atoms with Crippen LogP contribution in [0, 0.1) is 0 Å². The van der Waals surface area contributed by atoms with Crippen LogP contribution < -0.4 is 14.4 Å². The number of rotatable bonds is 7. The molecule has 2 heterocycles. The number of hydrogen-bond donors (Lipinski definition) is 1.